The highest BCUT2D eigenvalue weighted by molar-refractivity contribution is 5.70. The normalized spacial score (nSPS) is 13.6. The monoisotopic (exact) mass is 228 g/mol. The average molecular weight is 228 g/mol. The van der Waals surface area contributed by atoms with Gasteiger partial charge in [0.15, 0.2) is 0 Å². The fourth-order valence-corrected chi connectivity index (χ4v) is 1.59. The standard InChI is InChI=1S/C14H28O2/c1-6-8-9-12(7-2)11-16-13(15)10-14(3,4)5/h12H,6-11H2,1-5H3. The second kappa shape index (κ2) is 7.70. The topological polar surface area (TPSA) is 26.3 Å². The largest absolute Gasteiger partial charge is 0.465 e. The van der Waals surface area contributed by atoms with Gasteiger partial charge in [0.2, 0.25) is 0 Å². The second-order valence-corrected chi connectivity index (χ2v) is 5.84. The van der Waals surface area contributed by atoms with Crippen molar-refractivity contribution in [2.45, 2.75) is 66.7 Å². The van der Waals surface area contributed by atoms with E-state index in [1.165, 1.54) is 19.3 Å². The van der Waals surface area contributed by atoms with Crippen LogP contribution in [-0.2, 0) is 9.53 Å². The lowest BCUT2D eigenvalue weighted by atomic mass is 9.92. The summed E-state index contributed by atoms with van der Waals surface area (Å²) >= 11 is 0. The van der Waals surface area contributed by atoms with Crippen molar-refractivity contribution in [2.75, 3.05) is 6.61 Å². The summed E-state index contributed by atoms with van der Waals surface area (Å²) in [6.45, 7) is 11.1. The Morgan fingerprint density at radius 2 is 1.88 bits per heavy atom. The van der Waals surface area contributed by atoms with Crippen molar-refractivity contribution < 1.29 is 9.53 Å². The van der Waals surface area contributed by atoms with Crippen LogP contribution in [0.15, 0.2) is 0 Å². The first-order valence-corrected chi connectivity index (χ1v) is 6.54. The molecule has 0 spiro atoms. The molecule has 0 saturated carbocycles. The van der Waals surface area contributed by atoms with Crippen LogP contribution in [0.2, 0.25) is 0 Å². The van der Waals surface area contributed by atoms with Crippen LogP contribution in [0.4, 0.5) is 0 Å². The highest BCUT2D eigenvalue weighted by Gasteiger charge is 2.18. The van der Waals surface area contributed by atoms with Gasteiger partial charge < -0.3 is 4.74 Å². The van der Waals surface area contributed by atoms with Gasteiger partial charge in [-0.15, -0.1) is 0 Å². The van der Waals surface area contributed by atoms with E-state index in [1.54, 1.807) is 0 Å². The van der Waals surface area contributed by atoms with Crippen LogP contribution in [0, 0.1) is 11.3 Å². The lowest BCUT2D eigenvalue weighted by Gasteiger charge is -2.19. The fourth-order valence-electron chi connectivity index (χ4n) is 1.59. The predicted octanol–water partition coefficient (Wildman–Crippen LogP) is 4.18. The Morgan fingerprint density at radius 3 is 2.31 bits per heavy atom. The van der Waals surface area contributed by atoms with Crippen LogP contribution in [0.1, 0.15) is 66.7 Å². The molecular weight excluding hydrogens is 200 g/mol. The smallest absolute Gasteiger partial charge is 0.306 e. The molecule has 0 N–H and O–H groups in total. The highest BCUT2D eigenvalue weighted by Crippen LogP contribution is 2.20. The molecule has 0 bridgehead atoms. The third-order valence-electron chi connectivity index (χ3n) is 2.70. The van der Waals surface area contributed by atoms with E-state index in [-0.39, 0.29) is 11.4 Å². The van der Waals surface area contributed by atoms with Crippen molar-refractivity contribution in [3.63, 3.8) is 0 Å². The summed E-state index contributed by atoms with van der Waals surface area (Å²) < 4.78 is 5.33. The predicted molar refractivity (Wildman–Crippen MR) is 68.3 cm³/mol. The Hall–Kier alpha value is -0.530. The number of carbonyl (C=O) groups excluding carboxylic acids is 1. The molecule has 2 heteroatoms. The van der Waals surface area contributed by atoms with Crippen molar-refractivity contribution in [1.29, 1.82) is 0 Å². The average Bonchev–Trinajstić information content (AvgIpc) is 2.15. The van der Waals surface area contributed by atoms with Gasteiger partial charge in [-0.3, -0.25) is 4.79 Å². The molecule has 0 amide bonds. The maximum Gasteiger partial charge on any atom is 0.306 e. The second-order valence-electron chi connectivity index (χ2n) is 5.84. The minimum atomic E-state index is -0.0533. The zero-order valence-electron chi connectivity index (χ0n) is 11.6. The number of rotatable bonds is 7. The summed E-state index contributed by atoms with van der Waals surface area (Å²) in [5.74, 6) is 0.492. The SMILES string of the molecule is CCCCC(CC)COC(=O)CC(C)(C)C. The van der Waals surface area contributed by atoms with Crippen molar-refractivity contribution in [3.05, 3.63) is 0 Å². The molecular formula is C14H28O2. The van der Waals surface area contributed by atoms with Gasteiger partial charge in [0.1, 0.15) is 0 Å². The van der Waals surface area contributed by atoms with E-state index in [9.17, 15) is 4.79 Å². The molecule has 0 aliphatic carbocycles. The third-order valence-corrected chi connectivity index (χ3v) is 2.70. The van der Waals surface area contributed by atoms with E-state index in [0.29, 0.717) is 18.9 Å². The van der Waals surface area contributed by atoms with E-state index < -0.39 is 0 Å². The summed E-state index contributed by atoms with van der Waals surface area (Å²) in [4.78, 5) is 11.5. The first-order chi connectivity index (χ1) is 7.39. The van der Waals surface area contributed by atoms with Crippen molar-refractivity contribution in [3.8, 4) is 0 Å². The highest BCUT2D eigenvalue weighted by atomic mass is 16.5. The molecule has 0 radical (unpaired) electrons. The summed E-state index contributed by atoms with van der Waals surface area (Å²) in [5, 5.41) is 0. The Kier molecular flexibility index (Phi) is 7.44. The fraction of sp³-hybridized carbons (Fsp3) is 0.929. The molecule has 1 atom stereocenters. The Morgan fingerprint density at radius 1 is 1.25 bits per heavy atom. The van der Waals surface area contributed by atoms with Crippen molar-refractivity contribution >= 4 is 5.97 Å². The van der Waals surface area contributed by atoms with Gasteiger partial charge in [-0.05, 0) is 17.8 Å². The van der Waals surface area contributed by atoms with Crippen LogP contribution >= 0.6 is 0 Å². The molecule has 0 fully saturated rings. The third kappa shape index (κ3) is 8.75. The number of hydrogen-bond acceptors (Lipinski definition) is 2. The van der Waals surface area contributed by atoms with Gasteiger partial charge in [0, 0.05) is 0 Å². The molecule has 2 nitrogen and oxygen atoms in total. The lowest BCUT2D eigenvalue weighted by molar-refractivity contribution is -0.147. The van der Waals surface area contributed by atoms with Gasteiger partial charge in [-0.1, -0.05) is 53.9 Å². The first kappa shape index (κ1) is 15.5. The molecule has 0 aromatic heterocycles. The van der Waals surface area contributed by atoms with Crippen molar-refractivity contribution in [1.82, 2.24) is 0 Å². The van der Waals surface area contributed by atoms with Gasteiger partial charge in [0.25, 0.3) is 0 Å². The summed E-state index contributed by atoms with van der Waals surface area (Å²) in [5.41, 5.74) is 0.0300. The van der Waals surface area contributed by atoms with Crippen molar-refractivity contribution in [2.24, 2.45) is 11.3 Å². The van der Waals surface area contributed by atoms with E-state index >= 15 is 0 Å². The quantitative estimate of drug-likeness (QED) is 0.611. The molecule has 0 aliphatic heterocycles. The zero-order valence-corrected chi connectivity index (χ0v) is 11.6. The lowest BCUT2D eigenvalue weighted by Crippen LogP contribution is -2.19. The van der Waals surface area contributed by atoms with Crippen LogP contribution in [-0.4, -0.2) is 12.6 Å². The van der Waals surface area contributed by atoms with Gasteiger partial charge in [0.05, 0.1) is 13.0 Å². The number of ether oxygens (including phenoxy) is 1. The first-order valence-electron chi connectivity index (χ1n) is 6.54. The Labute approximate surface area is 101 Å². The van der Waals surface area contributed by atoms with Gasteiger partial charge in [-0.2, -0.15) is 0 Å². The molecule has 96 valence electrons. The number of hydrogen-bond donors (Lipinski definition) is 0. The summed E-state index contributed by atoms with van der Waals surface area (Å²) in [6, 6.07) is 0. The minimum absolute atomic E-state index is 0.0300. The van der Waals surface area contributed by atoms with E-state index in [4.69, 9.17) is 4.74 Å². The summed E-state index contributed by atoms with van der Waals surface area (Å²) in [6.07, 6.45) is 5.23. The van der Waals surface area contributed by atoms with Crippen LogP contribution < -0.4 is 0 Å². The van der Waals surface area contributed by atoms with Gasteiger partial charge >= 0.3 is 5.97 Å². The number of carbonyl (C=O) groups is 1. The Bertz CT molecular complexity index is 191. The number of esters is 1. The number of unbranched alkanes of at least 4 members (excludes halogenated alkanes) is 1. The molecule has 1 unspecified atom stereocenters. The molecule has 0 aromatic carbocycles. The molecule has 0 rings (SSSR count). The van der Waals surface area contributed by atoms with Crippen LogP contribution in [0.25, 0.3) is 0 Å². The minimum Gasteiger partial charge on any atom is -0.465 e. The maximum atomic E-state index is 11.5. The zero-order chi connectivity index (χ0) is 12.6. The Balaban J connectivity index is 3.79. The molecule has 16 heavy (non-hydrogen) atoms. The van der Waals surface area contributed by atoms with E-state index in [0.717, 1.165) is 6.42 Å². The van der Waals surface area contributed by atoms with E-state index in [1.807, 2.05) is 0 Å². The maximum absolute atomic E-state index is 11.5. The van der Waals surface area contributed by atoms with E-state index in [2.05, 4.69) is 34.6 Å². The van der Waals surface area contributed by atoms with Gasteiger partial charge in [-0.25, -0.2) is 0 Å². The van der Waals surface area contributed by atoms with Crippen LogP contribution in [0.5, 0.6) is 0 Å². The molecule has 0 saturated heterocycles. The molecule has 0 aliphatic rings. The summed E-state index contributed by atoms with van der Waals surface area (Å²) in [7, 11) is 0. The van der Waals surface area contributed by atoms with Crippen LogP contribution in [0.3, 0.4) is 0 Å². The molecule has 0 heterocycles. The molecule has 0 aromatic rings.